The van der Waals surface area contributed by atoms with Crippen molar-refractivity contribution >= 4 is 58.4 Å². The first-order valence-corrected chi connectivity index (χ1v) is 26.4. The zero-order chi connectivity index (χ0) is 54.3. The lowest BCUT2D eigenvalue weighted by Gasteiger charge is -2.39. The maximum absolute atomic E-state index is 14.1. The van der Waals surface area contributed by atoms with Crippen molar-refractivity contribution in [3.63, 3.8) is 0 Å². The number of piperidine rings is 2. The fourth-order valence-corrected chi connectivity index (χ4v) is 10.7. The Morgan fingerprint density at radius 2 is 1.49 bits per heavy atom. The molecular weight excluding hydrogens is 1010 g/mol. The van der Waals surface area contributed by atoms with E-state index in [1.54, 1.807) is 54.7 Å². The van der Waals surface area contributed by atoms with Crippen LogP contribution in [0, 0.1) is 5.92 Å². The molecule has 5 aliphatic rings. The summed E-state index contributed by atoms with van der Waals surface area (Å²) in [6.45, 7) is 11.8. The second-order valence-corrected chi connectivity index (χ2v) is 20.1. The van der Waals surface area contributed by atoms with Gasteiger partial charge in [0.1, 0.15) is 35.5 Å². The number of fused-ring (bicyclic) bond motifs is 1. The third kappa shape index (κ3) is 13.1. The Morgan fingerprint density at radius 1 is 0.769 bits per heavy atom. The molecule has 0 spiro atoms. The Hall–Kier alpha value is -7.89. The fourth-order valence-electron chi connectivity index (χ4n) is 10.7. The number of likely N-dealkylation sites (tertiary alicyclic amines) is 1. The van der Waals surface area contributed by atoms with Crippen LogP contribution in [0.3, 0.4) is 0 Å². The molecule has 3 aromatic carbocycles. The topological polar surface area (TPSA) is 210 Å². The summed E-state index contributed by atoms with van der Waals surface area (Å²) in [4.78, 5) is 89.1. The number of anilines is 5. The third-order valence-electron chi connectivity index (χ3n) is 15.0. The van der Waals surface area contributed by atoms with Crippen molar-refractivity contribution in [2.24, 2.45) is 5.92 Å². The van der Waals surface area contributed by atoms with Gasteiger partial charge < -0.3 is 45.0 Å². The number of pyridine rings is 1. The van der Waals surface area contributed by atoms with Crippen LogP contribution in [0.2, 0.25) is 0 Å². The van der Waals surface area contributed by atoms with Gasteiger partial charge in [-0.05, 0) is 98.0 Å². The number of nitrogens with zero attached hydrogens (tertiary/aromatic N) is 9. The predicted octanol–water partition coefficient (Wildman–Crippen LogP) is 6.41. The Labute approximate surface area is 449 Å². The van der Waals surface area contributed by atoms with Crippen molar-refractivity contribution in [2.75, 3.05) is 106 Å². The largest absolute Gasteiger partial charge is 0.483 e. The summed E-state index contributed by atoms with van der Waals surface area (Å²) < 4.78 is 54.4. The molecule has 10 rings (SSSR count). The minimum absolute atomic E-state index is 0.0255. The van der Waals surface area contributed by atoms with Gasteiger partial charge in [-0.1, -0.05) is 19.1 Å². The molecule has 4 saturated heterocycles. The molecule has 1 atom stereocenters. The summed E-state index contributed by atoms with van der Waals surface area (Å²) >= 11 is 0. The van der Waals surface area contributed by atoms with E-state index in [9.17, 15) is 37.1 Å². The van der Waals surface area contributed by atoms with E-state index in [-0.39, 0.29) is 67.4 Å². The number of likely N-dealkylation sites (N-methyl/N-ethyl adjacent to an activating group) is 1. The van der Waals surface area contributed by atoms with Crippen LogP contribution in [0.25, 0.3) is 0 Å². The number of halogens is 3. The Balaban J connectivity index is 0.628. The zero-order valence-corrected chi connectivity index (χ0v) is 43.3. The highest BCUT2D eigenvalue weighted by Crippen LogP contribution is 2.36. The smallest absolute Gasteiger partial charge is 0.416 e. The van der Waals surface area contributed by atoms with E-state index in [0.29, 0.717) is 66.2 Å². The second kappa shape index (κ2) is 23.8. The average Bonchev–Trinajstić information content (AvgIpc) is 3.85. The Bertz CT molecular complexity index is 2980. The lowest BCUT2D eigenvalue weighted by Crippen LogP contribution is -2.52. The maximum atomic E-state index is 14.1. The molecule has 6 amide bonds. The number of nitrogens with one attached hydrogen (secondary N) is 4. The van der Waals surface area contributed by atoms with E-state index < -0.39 is 29.7 Å². The third-order valence-corrected chi connectivity index (χ3v) is 15.0. The molecule has 0 aliphatic carbocycles. The van der Waals surface area contributed by atoms with Gasteiger partial charge in [-0.15, -0.1) is 0 Å². The van der Waals surface area contributed by atoms with E-state index in [1.165, 1.54) is 23.4 Å². The molecule has 7 heterocycles. The maximum Gasteiger partial charge on any atom is 0.416 e. The molecule has 410 valence electrons. The highest BCUT2D eigenvalue weighted by Gasteiger charge is 2.41. The molecule has 0 bridgehead atoms. The van der Waals surface area contributed by atoms with Gasteiger partial charge in [-0.25, -0.2) is 19.7 Å². The standard InChI is InChI=1S/C55H62F3N13O7/c1-2-66-20-22-68(23-21-66)32-37-6-7-39(28-44(37)55(56,57)58)64-54(76)63-38-8-11-41(12-9-38)78-50-29-47(60-35-61-50)62-40-10-14-48(59-30-40)69-26-24-67(25-27-69)31-36-16-18-70(19-17-36)51(73)34-77-46-5-3-4-42-43(46)33-71(53(42)75)45-13-15-49(72)65-52(45)74/h3-12,14,28-30,35-36,45H,2,13,15-27,31-34H2,1H3,(H,60,61,62)(H2,63,64,76)(H,65,72,74). The molecule has 0 saturated carbocycles. The normalized spacial score (nSPS) is 18.8. The Kier molecular flexibility index (Phi) is 16.3. The number of imide groups is 1. The number of piperazine rings is 2. The van der Waals surface area contributed by atoms with Crippen LogP contribution in [-0.2, 0) is 33.6 Å². The van der Waals surface area contributed by atoms with E-state index in [0.717, 1.165) is 82.8 Å². The quantitative estimate of drug-likeness (QED) is 0.0788. The number of hydrogen-bond acceptors (Lipinski definition) is 15. The van der Waals surface area contributed by atoms with Gasteiger partial charge in [-0.3, -0.25) is 34.3 Å². The van der Waals surface area contributed by atoms with Crippen LogP contribution in [-0.4, -0.2) is 160 Å². The van der Waals surface area contributed by atoms with Crippen molar-refractivity contribution in [2.45, 2.75) is 57.9 Å². The van der Waals surface area contributed by atoms with Crippen LogP contribution in [0.15, 0.2) is 91.4 Å². The van der Waals surface area contributed by atoms with Gasteiger partial charge >= 0.3 is 12.2 Å². The number of carbonyl (C=O) groups is 5. The molecule has 20 nitrogen and oxygen atoms in total. The van der Waals surface area contributed by atoms with Crippen molar-refractivity contribution < 1.29 is 46.6 Å². The average molecular weight is 1070 g/mol. The summed E-state index contributed by atoms with van der Waals surface area (Å²) in [5.41, 5.74) is 1.61. The number of benzene rings is 3. The lowest BCUT2D eigenvalue weighted by molar-refractivity contribution is -0.139. The van der Waals surface area contributed by atoms with Gasteiger partial charge in [0, 0.05) is 114 Å². The SMILES string of the molecule is CCN1CCN(Cc2ccc(NC(=O)Nc3ccc(Oc4cc(Nc5ccc(N6CCN(CC7CCN(C(=O)COc8cccc9c8CN(C8CCC(=O)NC8=O)C9=O)CC7)CC6)nc5)ncn4)cc3)cc2C(F)(F)F)CC1. The van der Waals surface area contributed by atoms with Gasteiger partial charge in [0.15, 0.2) is 6.61 Å². The number of rotatable bonds is 16. The molecule has 2 aromatic heterocycles. The van der Waals surface area contributed by atoms with E-state index >= 15 is 0 Å². The summed E-state index contributed by atoms with van der Waals surface area (Å²) in [6, 6.07) is 19.6. The van der Waals surface area contributed by atoms with Crippen LogP contribution >= 0.6 is 0 Å². The highest BCUT2D eigenvalue weighted by atomic mass is 19.4. The number of urea groups is 1. The molecule has 5 aromatic rings. The molecule has 4 N–H and O–H groups in total. The predicted molar refractivity (Wildman–Crippen MR) is 283 cm³/mol. The van der Waals surface area contributed by atoms with Crippen LogP contribution < -0.4 is 35.6 Å². The first kappa shape index (κ1) is 53.5. The summed E-state index contributed by atoms with van der Waals surface area (Å²) in [7, 11) is 0. The van der Waals surface area contributed by atoms with Crippen LogP contribution in [0.4, 0.5) is 46.7 Å². The van der Waals surface area contributed by atoms with Crippen LogP contribution in [0.5, 0.6) is 17.4 Å². The summed E-state index contributed by atoms with van der Waals surface area (Å²) in [5, 5.41) is 10.7. The molecule has 5 aliphatic heterocycles. The lowest BCUT2D eigenvalue weighted by atomic mass is 9.96. The minimum Gasteiger partial charge on any atom is -0.483 e. The van der Waals surface area contributed by atoms with Crippen molar-refractivity contribution in [1.29, 1.82) is 0 Å². The molecule has 0 radical (unpaired) electrons. The van der Waals surface area contributed by atoms with Gasteiger partial charge in [0.05, 0.1) is 24.0 Å². The highest BCUT2D eigenvalue weighted by molar-refractivity contribution is 6.05. The van der Waals surface area contributed by atoms with Crippen molar-refractivity contribution in [3.8, 4) is 17.4 Å². The number of amides is 6. The first-order valence-electron chi connectivity index (χ1n) is 26.4. The van der Waals surface area contributed by atoms with Gasteiger partial charge in [0.25, 0.3) is 11.8 Å². The van der Waals surface area contributed by atoms with Crippen molar-refractivity contribution in [3.05, 3.63) is 114 Å². The van der Waals surface area contributed by atoms with E-state index in [2.05, 4.69) is 52.9 Å². The van der Waals surface area contributed by atoms with E-state index in [4.69, 9.17) is 14.5 Å². The number of alkyl halides is 3. The van der Waals surface area contributed by atoms with Crippen LogP contribution in [0.1, 0.15) is 59.7 Å². The molecule has 23 heteroatoms. The molecular formula is C55H62F3N13O7. The number of hydrogen-bond donors (Lipinski definition) is 4. The molecule has 78 heavy (non-hydrogen) atoms. The zero-order valence-electron chi connectivity index (χ0n) is 43.3. The summed E-state index contributed by atoms with van der Waals surface area (Å²) in [6.07, 6.45) is 0.751. The monoisotopic (exact) mass is 1070 g/mol. The molecule has 4 fully saturated rings. The Morgan fingerprint density at radius 3 is 2.21 bits per heavy atom. The fraction of sp³-hybridized carbons (Fsp3) is 0.418. The number of ether oxygens (including phenoxy) is 2. The number of carbonyl (C=O) groups excluding carboxylic acids is 5. The molecule has 1 unspecified atom stereocenters. The summed E-state index contributed by atoms with van der Waals surface area (Å²) in [5.74, 6) is 1.72. The first-order chi connectivity index (χ1) is 37.7. The minimum atomic E-state index is -4.58. The van der Waals surface area contributed by atoms with Gasteiger partial charge in [0.2, 0.25) is 17.7 Å². The number of aromatic nitrogens is 3. The van der Waals surface area contributed by atoms with Crippen molar-refractivity contribution in [1.82, 2.24) is 44.8 Å². The second-order valence-electron chi connectivity index (χ2n) is 20.1. The van der Waals surface area contributed by atoms with Gasteiger partial charge in [-0.2, -0.15) is 13.2 Å². The van der Waals surface area contributed by atoms with E-state index in [1.807, 2.05) is 21.9 Å².